The molecule has 0 aliphatic carbocycles. The fourth-order valence-corrected chi connectivity index (χ4v) is 2.53. The number of benzene rings is 2. The zero-order valence-corrected chi connectivity index (χ0v) is 16.4. The van der Waals surface area contributed by atoms with Crippen molar-refractivity contribution in [3.63, 3.8) is 0 Å². The van der Waals surface area contributed by atoms with Crippen LogP contribution in [-0.2, 0) is 4.79 Å². The van der Waals surface area contributed by atoms with Crippen molar-refractivity contribution in [2.45, 2.75) is 20.8 Å². The van der Waals surface area contributed by atoms with Crippen molar-refractivity contribution in [1.29, 1.82) is 0 Å². The average Bonchev–Trinajstić information content (AvgIpc) is 2.62. The lowest BCUT2D eigenvalue weighted by Gasteiger charge is -2.12. The number of nitro benzene ring substituents is 1. The Morgan fingerprint density at radius 2 is 1.61 bits per heavy atom. The lowest BCUT2D eigenvalue weighted by molar-refractivity contribution is -0.385. The van der Waals surface area contributed by atoms with E-state index < -0.39 is 10.8 Å². The van der Waals surface area contributed by atoms with E-state index in [1.54, 1.807) is 38.1 Å². The molecule has 0 aromatic heterocycles. The number of carbonyl (C=O) groups excluding carboxylic acids is 2. The molecule has 0 aliphatic rings. The third-order valence-corrected chi connectivity index (χ3v) is 4.11. The Bertz CT molecular complexity index is 926. The fraction of sp³-hybridized carbons (Fsp3) is 0.211. The molecule has 0 saturated heterocycles. The summed E-state index contributed by atoms with van der Waals surface area (Å²) in [7, 11) is 0. The van der Waals surface area contributed by atoms with Gasteiger partial charge < -0.3 is 10.6 Å². The first-order valence-electron chi connectivity index (χ1n) is 8.46. The lowest BCUT2D eigenvalue weighted by Crippen LogP contribution is -2.34. The Hall–Kier alpha value is -3.33. The molecule has 8 nitrogen and oxygen atoms in total. The van der Waals surface area contributed by atoms with Crippen molar-refractivity contribution < 1.29 is 14.5 Å². The van der Waals surface area contributed by atoms with Crippen LogP contribution in [0.3, 0.4) is 0 Å². The van der Waals surface area contributed by atoms with Gasteiger partial charge in [-0.25, -0.2) is 0 Å². The van der Waals surface area contributed by atoms with E-state index in [0.29, 0.717) is 11.4 Å². The Kier molecular flexibility index (Phi) is 6.78. The highest BCUT2D eigenvalue weighted by molar-refractivity contribution is 7.80. The smallest absolute Gasteiger partial charge is 0.273 e. The lowest BCUT2D eigenvalue weighted by atomic mass is 10.1. The molecule has 0 atom stereocenters. The van der Waals surface area contributed by atoms with E-state index in [0.717, 1.165) is 0 Å². The summed E-state index contributed by atoms with van der Waals surface area (Å²) in [6.45, 7) is 5.11. The van der Waals surface area contributed by atoms with Crippen molar-refractivity contribution in [2.24, 2.45) is 5.92 Å². The van der Waals surface area contributed by atoms with Crippen LogP contribution in [0, 0.1) is 23.0 Å². The summed E-state index contributed by atoms with van der Waals surface area (Å²) in [6, 6.07) is 11.1. The number of hydrogen-bond acceptors (Lipinski definition) is 5. The first-order chi connectivity index (χ1) is 13.2. The number of thiocarbonyl (C=S) groups is 1. The van der Waals surface area contributed by atoms with E-state index in [4.69, 9.17) is 12.2 Å². The SMILES string of the molecule is Cc1c(C(=O)NC(=S)Nc2ccc(NC(=O)C(C)C)cc2)cccc1[N+](=O)[O-]. The summed E-state index contributed by atoms with van der Waals surface area (Å²) >= 11 is 5.13. The summed E-state index contributed by atoms with van der Waals surface area (Å²) in [6.07, 6.45) is 0. The molecular weight excluding hydrogens is 380 g/mol. The molecule has 0 radical (unpaired) electrons. The van der Waals surface area contributed by atoms with Crippen LogP contribution in [0.2, 0.25) is 0 Å². The van der Waals surface area contributed by atoms with Gasteiger partial charge >= 0.3 is 0 Å². The Balaban J connectivity index is 2.00. The van der Waals surface area contributed by atoms with Gasteiger partial charge in [0.25, 0.3) is 11.6 Å². The van der Waals surface area contributed by atoms with Gasteiger partial charge in [0.05, 0.1) is 4.92 Å². The maximum absolute atomic E-state index is 12.4. The topological polar surface area (TPSA) is 113 Å². The summed E-state index contributed by atoms with van der Waals surface area (Å²) in [4.78, 5) is 34.5. The van der Waals surface area contributed by atoms with Gasteiger partial charge in [-0.05, 0) is 49.5 Å². The normalized spacial score (nSPS) is 10.3. The highest BCUT2D eigenvalue weighted by Gasteiger charge is 2.18. The molecule has 0 unspecified atom stereocenters. The van der Waals surface area contributed by atoms with Crippen LogP contribution in [0.4, 0.5) is 17.1 Å². The molecule has 0 spiro atoms. The van der Waals surface area contributed by atoms with Gasteiger partial charge in [-0.1, -0.05) is 19.9 Å². The van der Waals surface area contributed by atoms with Crippen LogP contribution in [0.5, 0.6) is 0 Å². The predicted octanol–water partition coefficient (Wildman–Crippen LogP) is 3.62. The molecule has 2 aromatic rings. The molecule has 0 aliphatic heterocycles. The Morgan fingerprint density at radius 3 is 2.14 bits per heavy atom. The molecule has 9 heteroatoms. The number of hydrogen-bond donors (Lipinski definition) is 3. The minimum Gasteiger partial charge on any atom is -0.332 e. The number of nitro groups is 1. The Labute approximate surface area is 167 Å². The first-order valence-corrected chi connectivity index (χ1v) is 8.87. The summed E-state index contributed by atoms with van der Waals surface area (Å²) in [5, 5.41) is 19.2. The summed E-state index contributed by atoms with van der Waals surface area (Å²) < 4.78 is 0. The molecule has 2 amide bonds. The molecular formula is C19H20N4O4S. The third kappa shape index (κ3) is 5.34. The summed E-state index contributed by atoms with van der Waals surface area (Å²) in [5.74, 6) is -0.756. The van der Waals surface area contributed by atoms with Gasteiger partial charge in [0.15, 0.2) is 5.11 Å². The average molecular weight is 400 g/mol. The minimum absolute atomic E-state index is 0.0508. The molecule has 0 heterocycles. The zero-order valence-electron chi connectivity index (χ0n) is 15.6. The molecule has 2 aromatic carbocycles. The highest BCUT2D eigenvalue weighted by Crippen LogP contribution is 2.21. The first kappa shape index (κ1) is 21.0. The van der Waals surface area contributed by atoms with Gasteiger partial charge in [0, 0.05) is 34.5 Å². The maximum atomic E-state index is 12.4. The molecule has 3 N–H and O–H groups in total. The Morgan fingerprint density at radius 1 is 1.04 bits per heavy atom. The molecule has 0 bridgehead atoms. The van der Waals surface area contributed by atoms with Crippen molar-refractivity contribution in [3.8, 4) is 0 Å². The maximum Gasteiger partial charge on any atom is 0.273 e. The van der Waals surface area contributed by atoms with Crippen LogP contribution in [-0.4, -0.2) is 21.9 Å². The largest absolute Gasteiger partial charge is 0.332 e. The number of amides is 2. The van der Waals surface area contributed by atoms with Gasteiger partial charge in [-0.3, -0.25) is 25.0 Å². The van der Waals surface area contributed by atoms with E-state index >= 15 is 0 Å². The highest BCUT2D eigenvalue weighted by atomic mass is 32.1. The van der Waals surface area contributed by atoms with Gasteiger partial charge in [0.2, 0.25) is 5.91 Å². The van der Waals surface area contributed by atoms with Gasteiger partial charge in [-0.15, -0.1) is 0 Å². The molecule has 0 fully saturated rings. The number of nitrogens with one attached hydrogen (secondary N) is 3. The molecule has 0 saturated carbocycles. The quantitative estimate of drug-likeness (QED) is 0.401. The van der Waals surface area contributed by atoms with Crippen LogP contribution in [0.1, 0.15) is 29.8 Å². The minimum atomic E-state index is -0.542. The number of carbonyl (C=O) groups is 2. The second-order valence-electron chi connectivity index (χ2n) is 6.34. The van der Waals surface area contributed by atoms with Crippen molar-refractivity contribution >= 4 is 46.2 Å². The van der Waals surface area contributed by atoms with Gasteiger partial charge in [0.1, 0.15) is 0 Å². The number of anilines is 2. The van der Waals surface area contributed by atoms with E-state index in [1.165, 1.54) is 25.1 Å². The molecule has 2 rings (SSSR count). The van der Waals surface area contributed by atoms with Crippen molar-refractivity contribution in [2.75, 3.05) is 10.6 Å². The van der Waals surface area contributed by atoms with E-state index in [-0.39, 0.29) is 33.8 Å². The predicted molar refractivity (Wildman–Crippen MR) is 111 cm³/mol. The van der Waals surface area contributed by atoms with Crippen molar-refractivity contribution in [3.05, 3.63) is 63.7 Å². The number of rotatable bonds is 5. The van der Waals surface area contributed by atoms with Crippen molar-refractivity contribution in [1.82, 2.24) is 5.32 Å². The van der Waals surface area contributed by atoms with Crippen LogP contribution in [0.15, 0.2) is 42.5 Å². The summed E-state index contributed by atoms with van der Waals surface area (Å²) in [5.41, 5.74) is 1.56. The number of nitrogens with zero attached hydrogens (tertiary/aromatic N) is 1. The molecule has 28 heavy (non-hydrogen) atoms. The van der Waals surface area contributed by atoms with Gasteiger partial charge in [-0.2, -0.15) is 0 Å². The second-order valence-corrected chi connectivity index (χ2v) is 6.74. The fourth-order valence-electron chi connectivity index (χ4n) is 2.32. The van der Waals surface area contributed by atoms with Crippen LogP contribution in [0.25, 0.3) is 0 Å². The van der Waals surface area contributed by atoms with E-state index in [2.05, 4.69) is 16.0 Å². The van der Waals surface area contributed by atoms with E-state index in [9.17, 15) is 19.7 Å². The monoisotopic (exact) mass is 400 g/mol. The van der Waals surface area contributed by atoms with Crippen LogP contribution >= 0.6 is 12.2 Å². The standard InChI is InChI=1S/C19H20N4O4S/c1-11(2)17(24)20-13-7-9-14(10-8-13)21-19(28)22-18(25)15-5-4-6-16(12(15)3)23(26)27/h4-11H,1-3H3,(H,20,24)(H2,21,22,25,28). The van der Waals surface area contributed by atoms with Crippen LogP contribution < -0.4 is 16.0 Å². The zero-order chi connectivity index (χ0) is 20.8. The molecule has 146 valence electrons. The second kappa shape index (κ2) is 9.05. The third-order valence-electron chi connectivity index (χ3n) is 3.91. The van der Waals surface area contributed by atoms with E-state index in [1.807, 2.05) is 0 Å².